The third-order valence-electron chi connectivity index (χ3n) is 3.46. The lowest BCUT2D eigenvalue weighted by molar-refractivity contribution is -0.130. The summed E-state index contributed by atoms with van der Waals surface area (Å²) in [5, 5.41) is 0.0427. The van der Waals surface area contributed by atoms with Crippen LogP contribution in [-0.2, 0) is 4.79 Å². The highest BCUT2D eigenvalue weighted by Gasteiger charge is 2.33. The van der Waals surface area contributed by atoms with Crippen LogP contribution in [0.25, 0.3) is 15.9 Å². The summed E-state index contributed by atoms with van der Waals surface area (Å²) in [5.41, 5.74) is 0.500. The molecule has 0 saturated carbocycles. The molecule has 0 aromatic carbocycles. The zero-order valence-electron chi connectivity index (χ0n) is 24.9. The number of fused-ring (bicyclic) bond motifs is 1. The average Bonchev–Trinajstić information content (AvgIpc) is 3.02. The number of hydrogen-bond donors (Lipinski definition) is 1. The number of carbonyl (C=O) groups is 1. The Morgan fingerprint density at radius 2 is 2.58 bits per heavy atom. The SMILES string of the molecule is [2H]c1c(C)[nH]c2ncnc(N(C)[C@@H]3[C@H](C([2H])([2H])[2H])C([2H])([2H])C([2H])([2H])N(C(=O)C([2H])([2H])[N+]#[C-])C3([2H])[2H])c12. The number of nitrogens with one attached hydrogen (secondary N) is 1. The van der Waals surface area contributed by atoms with Crippen molar-refractivity contribution in [2.75, 3.05) is 31.4 Å². The van der Waals surface area contributed by atoms with Crippen molar-refractivity contribution < 1.29 is 21.2 Å². The van der Waals surface area contributed by atoms with Crippen molar-refractivity contribution in [1.29, 1.82) is 0 Å². The Morgan fingerprint density at radius 1 is 1.75 bits per heavy atom. The van der Waals surface area contributed by atoms with E-state index in [1.165, 1.54) is 0 Å². The van der Waals surface area contributed by atoms with Gasteiger partial charge in [0.05, 0.1) is 15.5 Å². The number of aromatic nitrogens is 3. The van der Waals surface area contributed by atoms with Crippen molar-refractivity contribution in [3.8, 4) is 0 Å². The van der Waals surface area contributed by atoms with Crippen molar-refractivity contribution >= 4 is 22.8 Å². The molecule has 1 aliphatic heterocycles. The molecule has 0 aliphatic carbocycles. The molecule has 2 aromatic heterocycles. The van der Waals surface area contributed by atoms with E-state index in [0.29, 0.717) is 5.69 Å². The lowest BCUT2D eigenvalue weighted by Crippen LogP contribution is -2.53. The predicted molar refractivity (Wildman–Crippen MR) is 92.6 cm³/mol. The molecule has 7 nitrogen and oxygen atoms in total. The van der Waals surface area contributed by atoms with Crippen LogP contribution in [0.1, 0.15) is 35.4 Å². The van der Waals surface area contributed by atoms with Crippen molar-refractivity contribution in [3.63, 3.8) is 0 Å². The van der Waals surface area contributed by atoms with Gasteiger partial charge in [-0.1, -0.05) is 6.85 Å². The molecule has 1 fully saturated rings. The maximum Gasteiger partial charge on any atom is 0.302 e. The summed E-state index contributed by atoms with van der Waals surface area (Å²) >= 11 is 0. The zero-order valence-corrected chi connectivity index (χ0v) is 12.9. The number of anilines is 1. The molecule has 7 heteroatoms. The van der Waals surface area contributed by atoms with Gasteiger partial charge in [-0.15, -0.1) is 0 Å². The van der Waals surface area contributed by atoms with Gasteiger partial charge >= 0.3 is 5.91 Å². The van der Waals surface area contributed by atoms with Crippen LogP contribution < -0.4 is 4.90 Å². The van der Waals surface area contributed by atoms with E-state index in [1.54, 1.807) is 6.92 Å². The van der Waals surface area contributed by atoms with E-state index in [0.717, 1.165) is 18.3 Å². The van der Waals surface area contributed by atoms with E-state index in [4.69, 9.17) is 23.0 Å². The summed E-state index contributed by atoms with van der Waals surface area (Å²) in [5.74, 6) is -4.62. The molecule has 2 atom stereocenters. The summed E-state index contributed by atoms with van der Waals surface area (Å²) in [4.78, 5) is 26.9. The summed E-state index contributed by atoms with van der Waals surface area (Å²) in [7, 11) is 1.15. The van der Waals surface area contributed by atoms with Crippen LogP contribution in [0, 0.1) is 19.4 Å². The van der Waals surface area contributed by atoms with E-state index in [9.17, 15) is 4.79 Å². The third-order valence-corrected chi connectivity index (χ3v) is 3.46. The van der Waals surface area contributed by atoms with Gasteiger partial charge in [-0.25, -0.2) is 16.5 Å². The molecule has 0 unspecified atom stereocenters. The van der Waals surface area contributed by atoms with Gasteiger partial charge in [0.15, 0.2) is 0 Å². The minimum absolute atomic E-state index is 0.0427. The Balaban J connectivity index is 2.38. The van der Waals surface area contributed by atoms with Crippen LogP contribution in [0.3, 0.4) is 0 Å². The van der Waals surface area contributed by atoms with Gasteiger partial charge in [0.1, 0.15) is 20.5 Å². The fourth-order valence-corrected chi connectivity index (χ4v) is 2.35. The molecular weight excluding hydrogens is 304 g/mol. The van der Waals surface area contributed by atoms with Crippen molar-refractivity contribution in [2.45, 2.75) is 26.2 Å². The zero-order chi connectivity index (χ0) is 27.8. The Labute approximate surface area is 158 Å². The molecule has 0 spiro atoms. The average molecular weight is 338 g/mol. The van der Waals surface area contributed by atoms with Crippen molar-refractivity contribution in [3.05, 3.63) is 29.5 Å². The van der Waals surface area contributed by atoms with Crippen LogP contribution in [-0.4, -0.2) is 58.3 Å². The van der Waals surface area contributed by atoms with Gasteiger partial charge in [0, 0.05) is 35.3 Å². The molecule has 0 bridgehead atoms. The van der Waals surface area contributed by atoms with E-state index < -0.39 is 50.6 Å². The maximum atomic E-state index is 13.0. The van der Waals surface area contributed by atoms with Crippen LogP contribution >= 0.6 is 0 Å². The number of H-pyrrole nitrogens is 1. The maximum absolute atomic E-state index is 13.0. The molecule has 0 radical (unpaired) electrons. The normalized spacial score (nSPS) is 35.6. The van der Waals surface area contributed by atoms with Gasteiger partial charge in [-0.3, -0.25) is 4.79 Å². The first-order valence-corrected chi connectivity index (χ1v) is 6.91. The summed E-state index contributed by atoms with van der Waals surface area (Å²) < 4.78 is 98.6. The number of hydrogen-bond acceptors (Lipinski definition) is 4. The number of aryl methyl sites for hydroxylation is 1. The lowest BCUT2D eigenvalue weighted by atomic mass is 9.92. The number of rotatable bonds is 3. The number of nitrogens with zero attached hydrogens (tertiary/aromatic N) is 5. The second kappa shape index (κ2) is 6.48. The van der Waals surface area contributed by atoms with Crippen LogP contribution in [0.4, 0.5) is 5.82 Å². The molecule has 1 N–H and O–H groups in total. The largest absolute Gasteiger partial charge is 0.354 e. The predicted octanol–water partition coefficient (Wildman–Crippen LogP) is 1.86. The quantitative estimate of drug-likeness (QED) is 0.867. The molecule has 2 aromatic rings. The van der Waals surface area contributed by atoms with Crippen LogP contribution in [0.2, 0.25) is 0 Å². The second-order valence-corrected chi connectivity index (χ2v) is 5.08. The first-order valence-electron chi connectivity index (χ1n) is 12.9. The summed E-state index contributed by atoms with van der Waals surface area (Å²) in [6.45, 7) is -5.35. The molecule has 24 heavy (non-hydrogen) atoms. The molecule has 1 aliphatic rings. The second-order valence-electron chi connectivity index (χ2n) is 5.08. The number of carbonyl (C=O) groups excluding carboxylic acids is 1. The summed E-state index contributed by atoms with van der Waals surface area (Å²) in [6, 6.07) is -2.29. The number of amides is 1. The molecule has 126 valence electrons. The Hall–Kier alpha value is -2.62. The van der Waals surface area contributed by atoms with Gasteiger partial charge < -0.3 is 19.6 Å². The Morgan fingerprint density at radius 3 is 3.33 bits per heavy atom. The number of likely N-dealkylation sites (N-methyl/N-ethyl adjacent to an activating group) is 1. The van der Waals surface area contributed by atoms with E-state index in [2.05, 4.69) is 19.8 Å². The number of likely N-dealkylation sites (tertiary alicyclic amines) is 1. The van der Waals surface area contributed by atoms with Crippen molar-refractivity contribution in [1.82, 2.24) is 19.9 Å². The number of aromatic amines is 1. The Kier molecular flexibility index (Phi) is 1.91. The van der Waals surface area contributed by atoms with E-state index in [1.807, 2.05) is 0 Å². The van der Waals surface area contributed by atoms with E-state index in [-0.39, 0.29) is 27.8 Å². The fourth-order valence-electron chi connectivity index (χ4n) is 2.35. The van der Waals surface area contributed by atoms with Crippen LogP contribution in [0.5, 0.6) is 0 Å². The van der Waals surface area contributed by atoms with Gasteiger partial charge in [-0.2, -0.15) is 0 Å². The highest BCUT2D eigenvalue weighted by Crippen LogP contribution is 2.29. The standard InChI is InChI=1S/C17H22N6O/c1-11-5-6-23(15(24)8-18-3)9-14(11)22(4)17-13-7-12(2)21-16(13)19-10-20-17/h7,10-11,14H,5-6,8-9H2,1-2,4H3,(H,19,20,21)/t11-,14+/m1/s1/i1D3,5D2,6D2,7D,8D2,9D2. The van der Waals surface area contributed by atoms with Gasteiger partial charge in [-0.05, 0) is 25.3 Å². The van der Waals surface area contributed by atoms with Crippen molar-refractivity contribution in [2.24, 2.45) is 5.92 Å². The molecule has 3 rings (SSSR count). The summed E-state index contributed by atoms with van der Waals surface area (Å²) in [6.07, 6.45) is -2.43. The number of piperidine rings is 1. The smallest absolute Gasteiger partial charge is 0.302 e. The minimum atomic E-state index is -3.69. The first kappa shape index (κ1) is 7.09. The topological polar surface area (TPSA) is 69.5 Å². The van der Waals surface area contributed by atoms with Gasteiger partial charge in [0.25, 0.3) is 6.50 Å². The third kappa shape index (κ3) is 2.92. The minimum Gasteiger partial charge on any atom is -0.354 e. The molecule has 1 amide bonds. The van der Waals surface area contributed by atoms with E-state index >= 15 is 0 Å². The van der Waals surface area contributed by atoms with Crippen LogP contribution in [0.15, 0.2) is 12.4 Å². The molecular formula is C17H22N6O. The monoisotopic (exact) mass is 338 g/mol. The fraction of sp³-hybridized carbons (Fsp3) is 0.529. The van der Waals surface area contributed by atoms with Gasteiger partial charge in [0.2, 0.25) is 0 Å². The Bertz CT molecular complexity index is 1250. The molecule has 1 saturated heterocycles. The highest BCUT2D eigenvalue weighted by molar-refractivity contribution is 5.88. The lowest BCUT2D eigenvalue weighted by Gasteiger charge is -2.41. The first-order chi connectivity index (χ1) is 16.2. The molecule has 3 heterocycles. The highest BCUT2D eigenvalue weighted by atomic mass is 16.2.